The van der Waals surface area contributed by atoms with Gasteiger partial charge in [0, 0.05) is 120 Å². The van der Waals surface area contributed by atoms with E-state index in [9.17, 15) is 19.5 Å². The molecule has 0 spiro atoms. The summed E-state index contributed by atoms with van der Waals surface area (Å²) in [5, 5.41) is 17.4. The van der Waals surface area contributed by atoms with Crippen LogP contribution in [0, 0.1) is 0 Å². The van der Waals surface area contributed by atoms with E-state index in [0.29, 0.717) is 129 Å². The second-order valence-corrected chi connectivity index (χ2v) is 14.6. The fourth-order valence-electron chi connectivity index (χ4n) is 8.27. The van der Waals surface area contributed by atoms with Crippen molar-refractivity contribution in [2.75, 3.05) is 150 Å². The molecule has 1 aliphatic carbocycles. The number of aromatic hydroxyl groups is 1. The molecular weight excluding hydrogens is 696 g/mol. The molecule has 0 saturated carbocycles. The van der Waals surface area contributed by atoms with Crippen molar-refractivity contribution < 1.29 is 24.1 Å². The molecule has 0 radical (unpaired) electrons. The number of anilines is 1. The first-order valence-electron chi connectivity index (χ1n) is 19.5. The van der Waals surface area contributed by atoms with Crippen molar-refractivity contribution in [1.82, 2.24) is 28.7 Å². The van der Waals surface area contributed by atoms with Crippen molar-refractivity contribution in [2.45, 2.75) is 13.1 Å². The van der Waals surface area contributed by atoms with E-state index in [4.69, 9.17) is 23.9 Å². The molecule has 5 aliphatic heterocycles. The van der Waals surface area contributed by atoms with Gasteiger partial charge in [0.2, 0.25) is 5.88 Å². The third-order valence-electron chi connectivity index (χ3n) is 11.4. The zero-order valence-electron chi connectivity index (χ0n) is 31.1. The monoisotopic (exact) mass is 748 g/mol. The number of rotatable bonds is 13. The normalized spacial score (nSPS) is 20.6. The van der Waals surface area contributed by atoms with Gasteiger partial charge in [0.15, 0.2) is 0 Å². The van der Waals surface area contributed by atoms with E-state index >= 15 is 0 Å². The molecule has 1 aromatic heterocycles. The second kappa shape index (κ2) is 17.0. The second-order valence-electron chi connectivity index (χ2n) is 14.6. The van der Waals surface area contributed by atoms with Gasteiger partial charge < -0.3 is 29.4 Å². The summed E-state index contributed by atoms with van der Waals surface area (Å²) in [7, 11) is 0. The number of hydrogen-bond acceptors (Lipinski definition) is 14. The lowest BCUT2D eigenvalue weighted by molar-refractivity contribution is 0.0360. The summed E-state index contributed by atoms with van der Waals surface area (Å²) >= 11 is 0. The first-order chi connectivity index (χ1) is 26.5. The van der Waals surface area contributed by atoms with Gasteiger partial charge in [-0.3, -0.25) is 48.1 Å². The Kier molecular flexibility index (Phi) is 11.7. The molecule has 4 saturated heterocycles. The largest absolute Gasteiger partial charge is 0.494 e. The smallest absolute Gasteiger partial charge is 0.263 e. The zero-order valence-corrected chi connectivity index (χ0v) is 31.1. The maximum absolute atomic E-state index is 14.6. The molecule has 4 fully saturated rings. The van der Waals surface area contributed by atoms with Gasteiger partial charge in [-0.05, 0) is 12.1 Å². The Bertz CT molecular complexity index is 2100. The quantitative estimate of drug-likeness (QED) is 0.161. The van der Waals surface area contributed by atoms with Crippen molar-refractivity contribution in [3.8, 4) is 17.0 Å². The number of pyridine rings is 2. The molecule has 54 heavy (non-hydrogen) atoms. The number of nitrogens with zero attached hydrogens (tertiary/aromatic N) is 7. The van der Waals surface area contributed by atoms with Gasteiger partial charge in [-0.25, -0.2) is 0 Å². The molecule has 1 aromatic carbocycles. The Labute approximate surface area is 313 Å². The van der Waals surface area contributed by atoms with E-state index in [0.717, 1.165) is 58.9 Å². The van der Waals surface area contributed by atoms with Crippen LogP contribution in [0.3, 0.4) is 0 Å². The van der Waals surface area contributed by atoms with E-state index in [1.165, 1.54) is 9.13 Å². The maximum Gasteiger partial charge on any atom is 0.263 e. The number of hydrogen-bond donors (Lipinski definition) is 2. The summed E-state index contributed by atoms with van der Waals surface area (Å²) in [5.41, 5.74) is 0.0158. The number of nitrogens with one attached hydrogen (secondary N) is 1. The van der Waals surface area contributed by atoms with Crippen LogP contribution in [0.5, 0.6) is 5.88 Å². The molecule has 6 heterocycles. The van der Waals surface area contributed by atoms with Crippen LogP contribution >= 0.6 is 0 Å². The molecule has 0 atom stereocenters. The molecule has 16 nitrogen and oxygen atoms in total. The molecule has 2 N–H and O–H groups in total. The predicted octanol–water partition coefficient (Wildman–Crippen LogP) is -0.996. The summed E-state index contributed by atoms with van der Waals surface area (Å²) in [5.74, 6) is -0.186. The van der Waals surface area contributed by atoms with Crippen LogP contribution in [-0.2, 0) is 32.0 Å². The average molecular weight is 749 g/mol. The number of benzene rings is 2. The number of morpholine rings is 4. The van der Waals surface area contributed by atoms with Gasteiger partial charge in [0.25, 0.3) is 16.7 Å². The summed E-state index contributed by atoms with van der Waals surface area (Å²) in [6.07, 6.45) is 0. The minimum atomic E-state index is -0.421. The Morgan fingerprint density at radius 2 is 1.07 bits per heavy atom. The third kappa shape index (κ3) is 7.71. The van der Waals surface area contributed by atoms with Gasteiger partial charge in [-0.1, -0.05) is 0 Å². The molecule has 2 aromatic rings. The van der Waals surface area contributed by atoms with Crippen molar-refractivity contribution in [1.29, 1.82) is 0 Å². The first-order valence-corrected chi connectivity index (χ1v) is 19.5. The van der Waals surface area contributed by atoms with Crippen LogP contribution in [0.2, 0.25) is 0 Å². The van der Waals surface area contributed by atoms with Crippen LogP contribution in [-0.4, -0.2) is 178 Å². The van der Waals surface area contributed by atoms with Crippen molar-refractivity contribution >= 4 is 27.2 Å². The topological polar surface area (TPSA) is 156 Å². The van der Waals surface area contributed by atoms with Gasteiger partial charge in [-0.2, -0.15) is 0 Å². The molecular formula is C38H52N8O8. The summed E-state index contributed by atoms with van der Waals surface area (Å²) in [6, 6.07) is 3.50. The lowest BCUT2D eigenvalue weighted by atomic mass is 9.89. The number of aromatic nitrogens is 2. The minimum absolute atomic E-state index is 0.186. The van der Waals surface area contributed by atoms with Gasteiger partial charge in [-0.15, -0.1) is 0 Å². The molecule has 292 valence electrons. The van der Waals surface area contributed by atoms with E-state index in [-0.39, 0.29) is 19.0 Å². The van der Waals surface area contributed by atoms with Crippen molar-refractivity contribution in [3.05, 3.63) is 48.6 Å². The third-order valence-corrected chi connectivity index (χ3v) is 11.4. The summed E-state index contributed by atoms with van der Waals surface area (Å²) < 4.78 is 24.9. The molecule has 8 rings (SSSR count). The van der Waals surface area contributed by atoms with E-state index in [1.54, 1.807) is 12.1 Å². The Morgan fingerprint density at radius 3 is 1.65 bits per heavy atom. The van der Waals surface area contributed by atoms with E-state index in [2.05, 4.69) is 24.9 Å². The maximum atomic E-state index is 14.6. The van der Waals surface area contributed by atoms with E-state index in [1.807, 2.05) is 0 Å². The molecule has 6 aliphatic rings. The minimum Gasteiger partial charge on any atom is -0.494 e. The molecule has 16 heteroatoms. The highest BCUT2D eigenvalue weighted by atomic mass is 16.5. The Hall–Kier alpha value is -3.74. The van der Waals surface area contributed by atoms with Crippen molar-refractivity contribution in [3.63, 3.8) is 0 Å². The fraction of sp³-hybridized carbons (Fsp3) is 0.632. The molecule has 0 amide bonds. The predicted molar refractivity (Wildman–Crippen MR) is 205 cm³/mol. The standard InChI is InChI=1S/C38H52N8O8/c47-35-27-25-29(39-1-3-41-9-17-51-18-10-41)33-31-28(36(48)45(37(33)49)7-5-43-13-21-53-22-14-43)26-30(40-2-4-42-11-19-52-20-12-42)34(32(27)31)38(50)46(35)8-6-44-15-23-54-24-16-44/h25-26,39,47H,1-24H2. The lowest BCUT2D eigenvalue weighted by Gasteiger charge is -2.28. The Morgan fingerprint density at radius 1 is 0.574 bits per heavy atom. The van der Waals surface area contributed by atoms with Crippen LogP contribution in [0.1, 0.15) is 0 Å². The molecule has 0 unspecified atom stereocenters. The van der Waals surface area contributed by atoms with Gasteiger partial charge in [0.05, 0.1) is 81.1 Å². The highest BCUT2D eigenvalue weighted by molar-refractivity contribution is 6.18. The SMILES string of the molecule is O=c1c2c(=NCCN3CCOCC3)cc3c(=O)n(CCN4CCOCC4)c(=O)c4c(NCCN5CCOCC5)cc(c(O)n1CCN1CCOCC1)c2c4-3. The van der Waals surface area contributed by atoms with Gasteiger partial charge in [0.1, 0.15) is 0 Å². The van der Waals surface area contributed by atoms with Crippen molar-refractivity contribution in [2.24, 2.45) is 4.99 Å². The highest BCUT2D eigenvalue weighted by Crippen LogP contribution is 2.40. The zero-order chi connectivity index (χ0) is 37.0. The highest BCUT2D eigenvalue weighted by Gasteiger charge is 2.30. The molecule has 0 bridgehead atoms. The van der Waals surface area contributed by atoms with Crippen LogP contribution in [0.15, 0.2) is 31.5 Å². The average Bonchev–Trinajstić information content (AvgIpc) is 3.21. The first kappa shape index (κ1) is 37.2. The van der Waals surface area contributed by atoms with Crippen LogP contribution in [0.25, 0.3) is 32.7 Å². The van der Waals surface area contributed by atoms with Crippen LogP contribution in [0.4, 0.5) is 5.69 Å². The summed E-state index contributed by atoms with van der Waals surface area (Å²) in [6.45, 7) is 15.2. The van der Waals surface area contributed by atoms with Gasteiger partial charge >= 0.3 is 0 Å². The van der Waals surface area contributed by atoms with Crippen LogP contribution < -0.4 is 27.4 Å². The lowest BCUT2D eigenvalue weighted by Crippen LogP contribution is -2.43. The fourth-order valence-corrected chi connectivity index (χ4v) is 8.27. The van der Waals surface area contributed by atoms with E-state index < -0.39 is 16.7 Å². The summed E-state index contributed by atoms with van der Waals surface area (Å²) in [4.78, 5) is 57.7. The number of ether oxygens (including phenoxy) is 4. The Balaban J connectivity index is 1.29.